The summed E-state index contributed by atoms with van der Waals surface area (Å²) in [7, 11) is 0. The molecular weight excluding hydrogens is 516 g/mol. The molecular formula is C31H30N8O2. The first-order valence-corrected chi connectivity index (χ1v) is 13.2. The molecule has 10 heteroatoms. The number of hydrogen-bond acceptors (Lipinski definition) is 7. The van der Waals surface area contributed by atoms with Crippen LogP contribution >= 0.6 is 0 Å². The largest absolute Gasteiger partial charge is 0.397 e. The van der Waals surface area contributed by atoms with Gasteiger partial charge >= 0.3 is 0 Å². The number of carbonyl (C=O) groups is 2. The Morgan fingerprint density at radius 3 is 2.63 bits per heavy atom. The smallest absolute Gasteiger partial charge is 0.277 e. The van der Waals surface area contributed by atoms with E-state index in [4.69, 9.17) is 16.8 Å². The molecule has 0 unspecified atom stereocenters. The molecule has 0 saturated heterocycles. The molecule has 0 atom stereocenters. The second kappa shape index (κ2) is 11.8. The van der Waals surface area contributed by atoms with Crippen molar-refractivity contribution in [3.05, 3.63) is 119 Å². The van der Waals surface area contributed by atoms with Crippen molar-refractivity contribution < 1.29 is 9.59 Å². The minimum Gasteiger partial charge on any atom is -0.397 e. The summed E-state index contributed by atoms with van der Waals surface area (Å²) in [6.45, 7) is 3.47. The Bertz CT molecular complexity index is 1670. The fourth-order valence-corrected chi connectivity index (χ4v) is 4.79. The second-order valence-electron chi connectivity index (χ2n) is 9.65. The molecule has 1 aliphatic heterocycles. The summed E-state index contributed by atoms with van der Waals surface area (Å²) in [5.74, 6) is 5.15. The highest BCUT2D eigenvalue weighted by molar-refractivity contribution is 6.15. The van der Waals surface area contributed by atoms with Crippen LogP contribution in [0.15, 0.2) is 85.2 Å². The van der Waals surface area contributed by atoms with Crippen LogP contribution in [0.5, 0.6) is 0 Å². The molecule has 0 fully saturated rings. The van der Waals surface area contributed by atoms with Gasteiger partial charge in [-0.3, -0.25) is 14.3 Å². The SMILES string of the molecule is CCN(N)/C=C(\N)c1ccccc1Cc1ccc(N2CCn3ncc(C(=O)Nc4cccc(C#N)c4)c3C2=O)cc1. The third-order valence-corrected chi connectivity index (χ3v) is 6.96. The van der Waals surface area contributed by atoms with Crippen LogP contribution in [0.25, 0.3) is 5.70 Å². The van der Waals surface area contributed by atoms with E-state index in [-0.39, 0.29) is 17.2 Å². The quantitative estimate of drug-likeness (QED) is 0.226. The molecule has 0 saturated carbocycles. The van der Waals surface area contributed by atoms with Gasteiger partial charge in [0.05, 0.1) is 35.6 Å². The van der Waals surface area contributed by atoms with Crippen LogP contribution in [0.3, 0.4) is 0 Å². The van der Waals surface area contributed by atoms with Gasteiger partial charge in [0.1, 0.15) is 5.69 Å². The number of nitrogens with one attached hydrogen (secondary N) is 1. The number of nitrogens with zero attached hydrogens (tertiary/aromatic N) is 5. The Labute approximate surface area is 238 Å². The summed E-state index contributed by atoms with van der Waals surface area (Å²) in [6, 6.07) is 24.4. The first kappa shape index (κ1) is 27.2. The van der Waals surface area contributed by atoms with E-state index in [1.165, 1.54) is 6.20 Å². The Morgan fingerprint density at radius 2 is 1.88 bits per heavy atom. The number of nitriles is 1. The van der Waals surface area contributed by atoms with Crippen molar-refractivity contribution in [1.29, 1.82) is 5.26 Å². The molecule has 1 aromatic heterocycles. The number of fused-ring (bicyclic) bond motifs is 1. The number of anilines is 2. The molecule has 0 spiro atoms. The Kier molecular flexibility index (Phi) is 7.80. The van der Waals surface area contributed by atoms with Gasteiger partial charge in [-0.25, -0.2) is 5.84 Å². The number of amides is 2. The molecule has 0 bridgehead atoms. The zero-order chi connectivity index (χ0) is 28.9. The predicted octanol–water partition coefficient (Wildman–Crippen LogP) is 3.71. The van der Waals surface area contributed by atoms with Crippen LogP contribution in [-0.2, 0) is 13.0 Å². The van der Waals surface area contributed by atoms with Crippen LogP contribution in [0.4, 0.5) is 11.4 Å². The second-order valence-corrected chi connectivity index (χ2v) is 9.65. The molecule has 10 nitrogen and oxygen atoms in total. The van der Waals surface area contributed by atoms with Crippen LogP contribution in [0.2, 0.25) is 0 Å². The van der Waals surface area contributed by atoms with Crippen LogP contribution in [0, 0.1) is 11.3 Å². The Balaban J connectivity index is 1.33. The number of benzene rings is 3. The van der Waals surface area contributed by atoms with Crippen molar-refractivity contribution >= 4 is 28.9 Å². The third kappa shape index (κ3) is 5.80. The maximum atomic E-state index is 13.6. The van der Waals surface area contributed by atoms with Gasteiger partial charge in [-0.2, -0.15) is 10.4 Å². The molecule has 5 N–H and O–H groups in total. The summed E-state index contributed by atoms with van der Waals surface area (Å²) in [6.07, 6.45) is 3.79. The number of aromatic nitrogens is 2. The van der Waals surface area contributed by atoms with Crippen molar-refractivity contribution in [2.24, 2.45) is 11.6 Å². The lowest BCUT2D eigenvalue weighted by atomic mass is 9.98. The molecule has 206 valence electrons. The molecule has 2 heterocycles. The monoisotopic (exact) mass is 546 g/mol. The first-order chi connectivity index (χ1) is 19.9. The maximum absolute atomic E-state index is 13.6. The van der Waals surface area contributed by atoms with E-state index in [2.05, 4.69) is 10.4 Å². The first-order valence-electron chi connectivity index (χ1n) is 13.2. The highest BCUT2D eigenvalue weighted by Crippen LogP contribution is 2.26. The molecule has 4 aromatic rings. The Morgan fingerprint density at radius 1 is 1.10 bits per heavy atom. The van der Waals surface area contributed by atoms with Crippen molar-refractivity contribution in [1.82, 2.24) is 14.8 Å². The number of carbonyl (C=O) groups excluding carboxylic acids is 2. The normalized spacial score (nSPS) is 13.0. The Hall–Kier alpha value is -5.40. The van der Waals surface area contributed by atoms with Gasteiger partial charge in [0.15, 0.2) is 0 Å². The van der Waals surface area contributed by atoms with Gasteiger partial charge in [-0.05, 0) is 54.8 Å². The fourth-order valence-electron chi connectivity index (χ4n) is 4.79. The van der Waals surface area contributed by atoms with E-state index in [9.17, 15) is 9.59 Å². The summed E-state index contributed by atoms with van der Waals surface area (Å²) in [5.41, 5.74) is 12.0. The average molecular weight is 547 g/mol. The molecule has 41 heavy (non-hydrogen) atoms. The maximum Gasteiger partial charge on any atom is 0.277 e. The topological polar surface area (TPSA) is 146 Å². The van der Waals surface area contributed by atoms with E-state index in [1.807, 2.05) is 61.5 Å². The van der Waals surface area contributed by atoms with Crippen LogP contribution in [-0.4, -0.2) is 39.7 Å². The summed E-state index contributed by atoms with van der Waals surface area (Å²) < 4.78 is 1.56. The van der Waals surface area contributed by atoms with E-state index >= 15 is 0 Å². The lowest BCUT2D eigenvalue weighted by Crippen LogP contribution is -2.41. The van der Waals surface area contributed by atoms with Gasteiger partial charge < -0.3 is 21.0 Å². The summed E-state index contributed by atoms with van der Waals surface area (Å²) >= 11 is 0. The standard InChI is InChI=1S/C31H30N8O2/c1-2-37(34)20-28(33)26-9-4-3-7-23(26)16-21-10-12-25(13-11-21)38-14-15-39-29(31(38)41)27(19-35-39)30(40)36-24-8-5-6-22(17-24)18-32/h3-13,17,19-20H,2,14-16,33-34H2,1H3,(H,36,40)/b28-20-. The van der Waals surface area contributed by atoms with E-state index in [0.717, 1.165) is 22.4 Å². The fraction of sp³-hybridized carbons (Fsp3) is 0.161. The van der Waals surface area contributed by atoms with Crippen molar-refractivity contribution in [2.45, 2.75) is 19.9 Å². The molecule has 0 aliphatic carbocycles. The van der Waals surface area contributed by atoms with Gasteiger partial charge in [0, 0.05) is 36.2 Å². The van der Waals surface area contributed by atoms with Crippen LogP contribution < -0.4 is 21.8 Å². The van der Waals surface area contributed by atoms with E-state index < -0.39 is 5.91 Å². The van der Waals surface area contributed by atoms with Gasteiger partial charge in [0.2, 0.25) is 0 Å². The lowest BCUT2D eigenvalue weighted by Gasteiger charge is -2.28. The zero-order valence-corrected chi connectivity index (χ0v) is 22.6. The number of hydrogen-bond donors (Lipinski definition) is 3. The summed E-state index contributed by atoms with van der Waals surface area (Å²) in [4.78, 5) is 28.3. The van der Waals surface area contributed by atoms with Gasteiger partial charge in [-0.1, -0.05) is 42.5 Å². The number of hydrazine groups is 1. The van der Waals surface area contributed by atoms with Crippen LogP contribution in [0.1, 0.15) is 50.0 Å². The highest BCUT2D eigenvalue weighted by Gasteiger charge is 2.32. The number of rotatable bonds is 8. The van der Waals surface area contributed by atoms with Crippen molar-refractivity contribution in [3.8, 4) is 6.07 Å². The van der Waals surface area contributed by atoms with E-state index in [1.54, 1.807) is 45.1 Å². The van der Waals surface area contributed by atoms with Gasteiger partial charge in [-0.15, -0.1) is 0 Å². The van der Waals surface area contributed by atoms with Crippen molar-refractivity contribution in [2.75, 3.05) is 23.3 Å². The van der Waals surface area contributed by atoms with E-state index in [0.29, 0.717) is 43.0 Å². The highest BCUT2D eigenvalue weighted by atomic mass is 16.2. The minimum atomic E-state index is -0.462. The van der Waals surface area contributed by atoms with Crippen molar-refractivity contribution in [3.63, 3.8) is 0 Å². The third-order valence-electron chi connectivity index (χ3n) is 6.96. The molecule has 3 aromatic carbocycles. The molecule has 0 radical (unpaired) electrons. The molecule has 1 aliphatic rings. The summed E-state index contributed by atoms with van der Waals surface area (Å²) in [5, 5.41) is 17.7. The molecule has 2 amide bonds. The molecule has 5 rings (SSSR count). The predicted molar refractivity (Wildman–Crippen MR) is 157 cm³/mol. The zero-order valence-electron chi connectivity index (χ0n) is 22.6. The average Bonchev–Trinajstić information content (AvgIpc) is 3.43. The van der Waals surface area contributed by atoms with Gasteiger partial charge in [0.25, 0.3) is 11.8 Å². The minimum absolute atomic E-state index is 0.181. The number of nitrogens with two attached hydrogens (primary N) is 2. The lowest BCUT2D eigenvalue weighted by molar-refractivity contribution is 0.0947.